The minimum atomic E-state index is 0.494. The molecule has 0 radical (unpaired) electrons. The van der Waals surface area contributed by atoms with E-state index in [0.717, 1.165) is 6.42 Å². The zero-order chi connectivity index (χ0) is 5.54. The maximum atomic E-state index is 7.94. The number of nitriles is 1. The lowest BCUT2D eigenvalue weighted by Crippen LogP contribution is -1.72. The van der Waals surface area contributed by atoms with Crippen molar-refractivity contribution in [2.24, 2.45) is 0 Å². The first-order valence-electron chi connectivity index (χ1n) is 2.12. The normalized spacial score (nSPS) is 6.57. The summed E-state index contributed by atoms with van der Waals surface area (Å²) in [5, 5.41) is 7.94. The van der Waals surface area contributed by atoms with Gasteiger partial charge in [-0.05, 0) is 0 Å². The Morgan fingerprint density at radius 3 is 2.86 bits per heavy atom. The van der Waals surface area contributed by atoms with Crippen LogP contribution in [0, 0.1) is 17.9 Å². The summed E-state index contributed by atoms with van der Waals surface area (Å²) >= 11 is 0. The highest BCUT2D eigenvalue weighted by atomic mass is 14.6. The summed E-state index contributed by atoms with van der Waals surface area (Å²) in [6, 6.07) is 1.96. The van der Waals surface area contributed by atoms with E-state index in [4.69, 9.17) is 11.8 Å². The van der Waals surface area contributed by atoms with Crippen LogP contribution in [0.4, 0.5) is 0 Å². The van der Waals surface area contributed by atoms with Crippen LogP contribution < -0.4 is 0 Å². The van der Waals surface area contributed by atoms with Crippen LogP contribution in [0.5, 0.6) is 0 Å². The van der Waals surface area contributed by atoms with Crippen molar-refractivity contribution in [1.29, 1.82) is 5.26 Å². The quantitative estimate of drug-likeness (QED) is 0.373. The predicted octanol–water partition coefficient (Wildman–Crippen LogP) is 1.21. The van der Waals surface area contributed by atoms with Gasteiger partial charge in [-0.2, -0.15) is 5.26 Å². The molecule has 0 rings (SSSR count). The van der Waals surface area contributed by atoms with Crippen molar-refractivity contribution in [3.63, 3.8) is 0 Å². The van der Waals surface area contributed by atoms with Gasteiger partial charge in [0, 0.05) is 12.8 Å². The highest BCUT2D eigenvalue weighted by Gasteiger charge is 1.82. The molecule has 0 bridgehead atoms. The van der Waals surface area contributed by atoms with Crippen LogP contribution in [0.2, 0.25) is 0 Å². The zero-order valence-corrected chi connectivity index (χ0v) is 4.02. The summed E-state index contributed by atoms with van der Waals surface area (Å²) in [6.45, 7) is 6.79. The smallest absolute Gasteiger partial charge is 0.215 e. The zero-order valence-electron chi connectivity index (χ0n) is 4.02. The van der Waals surface area contributed by atoms with E-state index in [1.165, 1.54) is 0 Å². The van der Waals surface area contributed by atoms with Crippen LogP contribution in [-0.2, 0) is 0 Å². The Morgan fingerprint density at radius 2 is 2.43 bits per heavy atom. The second-order valence-corrected chi connectivity index (χ2v) is 1.14. The lowest BCUT2D eigenvalue weighted by Gasteiger charge is -1.74. The van der Waals surface area contributed by atoms with Gasteiger partial charge in [-0.3, -0.25) is 0 Å². The molecule has 0 saturated heterocycles. The Hall–Kier alpha value is -1.02. The van der Waals surface area contributed by atoms with Crippen molar-refractivity contribution in [3.05, 3.63) is 11.4 Å². The van der Waals surface area contributed by atoms with Gasteiger partial charge in [-0.25, -0.2) is 6.57 Å². The number of rotatable bonds is 2. The summed E-state index contributed by atoms with van der Waals surface area (Å²) in [5.74, 6) is 0. The molecular weight excluding hydrogens is 88.1 g/mol. The van der Waals surface area contributed by atoms with E-state index in [1.54, 1.807) is 0 Å². The van der Waals surface area contributed by atoms with Crippen LogP contribution >= 0.6 is 0 Å². The van der Waals surface area contributed by atoms with E-state index in [9.17, 15) is 0 Å². The van der Waals surface area contributed by atoms with Gasteiger partial charge in [0.1, 0.15) is 0 Å². The molecule has 0 aromatic heterocycles. The molecule has 2 nitrogen and oxygen atoms in total. The fourth-order valence-electron chi connectivity index (χ4n) is 0.237. The van der Waals surface area contributed by atoms with Crippen molar-refractivity contribution in [3.8, 4) is 6.07 Å². The van der Waals surface area contributed by atoms with Crippen LogP contribution in [0.25, 0.3) is 4.85 Å². The molecule has 0 aromatic rings. The van der Waals surface area contributed by atoms with Crippen molar-refractivity contribution in [2.45, 2.75) is 12.8 Å². The average Bonchev–Trinajstić information content (AvgIpc) is 1.69. The van der Waals surface area contributed by atoms with E-state index in [1.807, 2.05) is 6.07 Å². The van der Waals surface area contributed by atoms with Gasteiger partial charge in [0.2, 0.25) is 6.54 Å². The first kappa shape index (κ1) is 5.98. The first-order chi connectivity index (χ1) is 3.41. The molecule has 36 valence electrons. The number of nitrogens with zero attached hydrogens (tertiary/aromatic N) is 2. The first-order valence-corrected chi connectivity index (χ1v) is 2.12. The molecule has 0 amide bonds. The summed E-state index contributed by atoms with van der Waals surface area (Å²) < 4.78 is 0. The summed E-state index contributed by atoms with van der Waals surface area (Å²) in [5.41, 5.74) is 0. The number of unbranched alkanes of at least 4 members (excludes halogenated alkanes) is 1. The Bertz CT molecular complexity index is 90.2. The molecule has 0 aliphatic heterocycles. The fraction of sp³-hybridized carbons (Fsp3) is 0.600. The van der Waals surface area contributed by atoms with Gasteiger partial charge in [0.15, 0.2) is 0 Å². The molecule has 0 fully saturated rings. The maximum Gasteiger partial charge on any atom is 0.215 e. The monoisotopic (exact) mass is 94.1 g/mol. The Balaban J connectivity index is 2.77. The van der Waals surface area contributed by atoms with Crippen molar-refractivity contribution >= 4 is 0 Å². The minimum absolute atomic E-state index is 0.494. The lowest BCUT2D eigenvalue weighted by atomic mass is 10.3. The molecule has 0 aromatic carbocycles. The van der Waals surface area contributed by atoms with E-state index in [2.05, 4.69) is 4.85 Å². The molecule has 0 heterocycles. The third-order valence-electron chi connectivity index (χ3n) is 0.558. The molecule has 0 N–H and O–H groups in total. The molecule has 0 spiro atoms. The lowest BCUT2D eigenvalue weighted by molar-refractivity contribution is 0.932. The Labute approximate surface area is 43.2 Å². The third kappa shape index (κ3) is 4.98. The van der Waals surface area contributed by atoms with Crippen molar-refractivity contribution in [2.75, 3.05) is 6.54 Å². The van der Waals surface area contributed by atoms with Crippen LogP contribution in [-0.4, -0.2) is 6.54 Å². The standard InChI is InChI=1S/C5H6N2/c1-7-5-3-2-4-6/h2-3,5H2. The molecule has 0 unspecified atom stereocenters. The predicted molar refractivity (Wildman–Crippen MR) is 26.3 cm³/mol. The second-order valence-electron chi connectivity index (χ2n) is 1.14. The van der Waals surface area contributed by atoms with Gasteiger partial charge < -0.3 is 4.85 Å². The molecule has 7 heavy (non-hydrogen) atoms. The molecular formula is C5H6N2. The second kappa shape index (κ2) is 4.98. The van der Waals surface area contributed by atoms with Crippen molar-refractivity contribution in [1.82, 2.24) is 0 Å². The average molecular weight is 94.1 g/mol. The van der Waals surface area contributed by atoms with E-state index in [-0.39, 0.29) is 0 Å². The van der Waals surface area contributed by atoms with E-state index in [0.29, 0.717) is 13.0 Å². The Kier molecular flexibility index (Phi) is 4.25. The fourth-order valence-corrected chi connectivity index (χ4v) is 0.237. The summed E-state index contributed by atoms with van der Waals surface area (Å²) in [4.78, 5) is 3.07. The minimum Gasteiger partial charge on any atom is -0.317 e. The van der Waals surface area contributed by atoms with Crippen LogP contribution in [0.3, 0.4) is 0 Å². The van der Waals surface area contributed by atoms with Gasteiger partial charge in [-0.15, -0.1) is 0 Å². The molecule has 0 atom stereocenters. The topological polar surface area (TPSA) is 28.1 Å². The summed E-state index contributed by atoms with van der Waals surface area (Å²) in [7, 11) is 0. The van der Waals surface area contributed by atoms with E-state index >= 15 is 0 Å². The van der Waals surface area contributed by atoms with Crippen LogP contribution in [0.1, 0.15) is 12.8 Å². The summed E-state index contributed by atoms with van der Waals surface area (Å²) in [6.07, 6.45) is 1.24. The number of hydrogen-bond donors (Lipinski definition) is 0. The molecule has 0 aliphatic rings. The van der Waals surface area contributed by atoms with Crippen LogP contribution in [0.15, 0.2) is 0 Å². The highest BCUT2D eigenvalue weighted by molar-refractivity contribution is 4.71. The SMILES string of the molecule is [C-]#[N+]CCCC#N. The number of hydrogen-bond acceptors (Lipinski definition) is 1. The van der Waals surface area contributed by atoms with Gasteiger partial charge >= 0.3 is 0 Å². The third-order valence-corrected chi connectivity index (χ3v) is 0.558. The molecule has 0 saturated carbocycles. The van der Waals surface area contributed by atoms with Gasteiger partial charge in [-0.1, -0.05) is 0 Å². The largest absolute Gasteiger partial charge is 0.317 e. The highest BCUT2D eigenvalue weighted by Crippen LogP contribution is 1.84. The van der Waals surface area contributed by atoms with Gasteiger partial charge in [0.25, 0.3) is 0 Å². The maximum absolute atomic E-state index is 7.94. The Morgan fingerprint density at radius 1 is 1.71 bits per heavy atom. The molecule has 0 aliphatic carbocycles. The molecule has 2 heteroatoms. The van der Waals surface area contributed by atoms with Crippen molar-refractivity contribution < 1.29 is 0 Å². The van der Waals surface area contributed by atoms with E-state index < -0.39 is 0 Å². The van der Waals surface area contributed by atoms with Gasteiger partial charge in [0.05, 0.1) is 6.07 Å².